The van der Waals surface area contributed by atoms with E-state index in [1.165, 1.54) is 6.92 Å². The van der Waals surface area contributed by atoms with Gasteiger partial charge in [-0.25, -0.2) is 4.79 Å². The first-order chi connectivity index (χ1) is 13.1. The summed E-state index contributed by atoms with van der Waals surface area (Å²) in [6, 6.07) is -3.92. The second-order valence-electron chi connectivity index (χ2n) is 7.19. The van der Waals surface area contributed by atoms with E-state index in [2.05, 4.69) is 33.9 Å². The maximum Gasteiger partial charge on any atom is 0.327 e. The molecule has 1 aliphatic heterocycles. The van der Waals surface area contributed by atoms with Crippen molar-refractivity contribution in [3.63, 3.8) is 0 Å². The van der Waals surface area contributed by atoms with E-state index in [0.717, 1.165) is 6.42 Å². The van der Waals surface area contributed by atoms with Gasteiger partial charge in [0.25, 0.3) is 0 Å². The highest BCUT2D eigenvalue weighted by atomic mass is 32.1. The van der Waals surface area contributed by atoms with Gasteiger partial charge in [0.15, 0.2) is 0 Å². The summed E-state index contributed by atoms with van der Waals surface area (Å²) in [5.74, 6) is -3.52. The lowest BCUT2D eigenvalue weighted by molar-refractivity contribution is -0.142. The van der Waals surface area contributed by atoms with E-state index in [0.29, 0.717) is 13.0 Å². The van der Waals surface area contributed by atoms with Crippen molar-refractivity contribution in [2.75, 3.05) is 12.3 Å². The van der Waals surface area contributed by atoms with Gasteiger partial charge in [0.2, 0.25) is 17.7 Å². The van der Waals surface area contributed by atoms with Crippen LogP contribution in [0, 0.1) is 5.92 Å². The molecular weight excluding hydrogens is 388 g/mol. The number of carboxylic acids is 1. The van der Waals surface area contributed by atoms with Gasteiger partial charge in [0.05, 0.1) is 12.1 Å². The zero-order valence-electron chi connectivity index (χ0n) is 16.3. The highest BCUT2D eigenvalue weighted by molar-refractivity contribution is 7.80. The van der Waals surface area contributed by atoms with Crippen LogP contribution in [0.2, 0.25) is 0 Å². The van der Waals surface area contributed by atoms with Crippen LogP contribution >= 0.6 is 12.6 Å². The van der Waals surface area contributed by atoms with Gasteiger partial charge in [-0.15, -0.1) is 0 Å². The molecule has 0 aromatic carbocycles. The molecule has 0 aromatic heterocycles. The largest absolute Gasteiger partial charge is 0.480 e. The molecule has 1 rings (SSSR count). The van der Waals surface area contributed by atoms with Crippen LogP contribution in [0.25, 0.3) is 0 Å². The Kier molecular flexibility index (Phi) is 9.70. The molecule has 1 aliphatic rings. The van der Waals surface area contributed by atoms with Crippen LogP contribution in [0.5, 0.6) is 0 Å². The van der Waals surface area contributed by atoms with Gasteiger partial charge in [-0.1, -0.05) is 13.8 Å². The summed E-state index contributed by atoms with van der Waals surface area (Å²) in [6.07, 6.45) is 0.289. The minimum atomic E-state index is -1.25. The molecule has 1 saturated heterocycles. The second kappa shape index (κ2) is 11.2. The monoisotopic (exact) mass is 418 g/mol. The molecule has 3 amide bonds. The zero-order chi connectivity index (χ0) is 21.4. The lowest BCUT2D eigenvalue weighted by Gasteiger charge is -2.28. The smallest absolute Gasteiger partial charge is 0.327 e. The molecule has 28 heavy (non-hydrogen) atoms. The van der Waals surface area contributed by atoms with E-state index in [1.54, 1.807) is 13.8 Å². The zero-order valence-corrected chi connectivity index (χ0v) is 17.2. The average molecular weight is 419 g/mol. The fourth-order valence-corrected chi connectivity index (χ4v) is 3.04. The van der Waals surface area contributed by atoms with Crippen molar-refractivity contribution in [1.29, 1.82) is 0 Å². The predicted molar refractivity (Wildman–Crippen MR) is 105 cm³/mol. The van der Waals surface area contributed by atoms with E-state index >= 15 is 0 Å². The Bertz CT molecular complexity index is 580. The molecule has 10 nitrogen and oxygen atoms in total. The summed E-state index contributed by atoms with van der Waals surface area (Å²) >= 11 is 3.89. The van der Waals surface area contributed by atoms with Crippen LogP contribution in [0.4, 0.5) is 0 Å². The number of aliphatic hydroxyl groups is 1. The minimum absolute atomic E-state index is 0.111. The van der Waals surface area contributed by atoms with Gasteiger partial charge < -0.3 is 31.5 Å². The van der Waals surface area contributed by atoms with Crippen LogP contribution in [0.3, 0.4) is 0 Å². The summed E-state index contributed by atoms with van der Waals surface area (Å²) in [6.45, 7) is 5.42. The summed E-state index contributed by atoms with van der Waals surface area (Å²) in [4.78, 5) is 48.4. The molecule has 0 spiro atoms. The first-order valence-corrected chi connectivity index (χ1v) is 9.88. The molecule has 0 radical (unpaired) electrons. The molecule has 0 bridgehead atoms. The Morgan fingerprint density at radius 2 is 1.68 bits per heavy atom. The Hall–Kier alpha value is -1.85. The number of hydrogen-bond acceptors (Lipinski definition) is 7. The minimum Gasteiger partial charge on any atom is -0.480 e. The molecule has 6 N–H and O–H groups in total. The number of nitrogens with one attached hydrogen (secondary N) is 4. The van der Waals surface area contributed by atoms with Crippen molar-refractivity contribution >= 4 is 36.3 Å². The van der Waals surface area contributed by atoms with Crippen LogP contribution in [-0.4, -0.2) is 76.5 Å². The standard InChI is InChI=1S/C17H30N4O6S/c1-8(2)12(15(24)19-11(7-28)17(26)27)20-16(25)13(9(3)22)21-14(23)10-5-4-6-18-10/h8-13,18,22,28H,4-7H2,1-3H3,(H,19,24)(H,20,25)(H,21,23)(H,26,27). The second-order valence-corrected chi connectivity index (χ2v) is 7.55. The quantitative estimate of drug-likeness (QED) is 0.207. The van der Waals surface area contributed by atoms with Crippen LogP contribution in [-0.2, 0) is 19.2 Å². The Morgan fingerprint density at radius 1 is 1.07 bits per heavy atom. The van der Waals surface area contributed by atoms with E-state index in [-0.39, 0.29) is 11.7 Å². The van der Waals surface area contributed by atoms with Crippen LogP contribution < -0.4 is 21.3 Å². The van der Waals surface area contributed by atoms with E-state index in [9.17, 15) is 24.3 Å². The molecule has 5 unspecified atom stereocenters. The maximum atomic E-state index is 12.6. The van der Waals surface area contributed by atoms with E-state index in [1.807, 2.05) is 0 Å². The van der Waals surface area contributed by atoms with E-state index in [4.69, 9.17) is 5.11 Å². The molecule has 0 aliphatic carbocycles. The molecule has 0 aromatic rings. The summed E-state index contributed by atoms with van der Waals surface area (Å²) in [5.41, 5.74) is 0. The summed E-state index contributed by atoms with van der Waals surface area (Å²) in [7, 11) is 0. The number of hydrogen-bond donors (Lipinski definition) is 7. The molecular formula is C17H30N4O6S. The third kappa shape index (κ3) is 6.95. The Morgan fingerprint density at radius 3 is 2.11 bits per heavy atom. The predicted octanol–water partition coefficient (Wildman–Crippen LogP) is -1.76. The molecule has 5 atom stereocenters. The van der Waals surface area contributed by atoms with Crippen molar-refractivity contribution in [3.05, 3.63) is 0 Å². The highest BCUT2D eigenvalue weighted by Crippen LogP contribution is 2.08. The number of thiol groups is 1. The molecule has 11 heteroatoms. The molecule has 160 valence electrons. The first kappa shape index (κ1) is 24.2. The number of rotatable bonds is 10. The van der Waals surface area contributed by atoms with Gasteiger partial charge in [-0.05, 0) is 32.2 Å². The van der Waals surface area contributed by atoms with Crippen molar-refractivity contribution in [3.8, 4) is 0 Å². The SMILES string of the molecule is CC(C)C(NC(=O)C(NC(=O)C1CCCN1)C(C)O)C(=O)NC(CS)C(=O)O. The van der Waals surface area contributed by atoms with E-state index < -0.39 is 54.0 Å². The number of aliphatic hydroxyl groups excluding tert-OH is 1. The normalized spacial score (nSPS) is 20.7. The highest BCUT2D eigenvalue weighted by Gasteiger charge is 2.34. The number of carboxylic acid groups (broad SMARTS) is 1. The summed E-state index contributed by atoms with van der Waals surface area (Å²) < 4.78 is 0. The molecule has 1 heterocycles. The lowest BCUT2D eigenvalue weighted by Crippen LogP contribution is -2.60. The number of carbonyl (C=O) groups is 4. The van der Waals surface area contributed by atoms with Gasteiger partial charge >= 0.3 is 5.97 Å². The van der Waals surface area contributed by atoms with Crippen molar-refractivity contribution in [2.45, 2.75) is 63.9 Å². The van der Waals surface area contributed by atoms with Crippen molar-refractivity contribution in [1.82, 2.24) is 21.3 Å². The molecule has 1 fully saturated rings. The fraction of sp³-hybridized carbons (Fsp3) is 0.765. The van der Waals surface area contributed by atoms with Gasteiger partial charge in [-0.2, -0.15) is 12.6 Å². The maximum absolute atomic E-state index is 12.6. The summed E-state index contributed by atoms with van der Waals surface area (Å²) in [5, 5.41) is 29.3. The van der Waals surface area contributed by atoms with Gasteiger partial charge in [0, 0.05) is 5.75 Å². The number of amides is 3. The van der Waals surface area contributed by atoms with Crippen molar-refractivity contribution in [2.24, 2.45) is 5.92 Å². The Labute approximate surface area is 169 Å². The number of carbonyl (C=O) groups excluding carboxylic acids is 3. The van der Waals surface area contributed by atoms with Crippen molar-refractivity contribution < 1.29 is 29.4 Å². The topological polar surface area (TPSA) is 157 Å². The van der Waals surface area contributed by atoms with Crippen LogP contribution in [0.15, 0.2) is 0 Å². The Balaban J connectivity index is 2.81. The fourth-order valence-electron chi connectivity index (χ4n) is 2.79. The van der Waals surface area contributed by atoms with Gasteiger partial charge in [0.1, 0.15) is 18.1 Å². The molecule has 0 saturated carbocycles. The average Bonchev–Trinajstić information content (AvgIpc) is 3.15. The third-order valence-electron chi connectivity index (χ3n) is 4.48. The third-order valence-corrected chi connectivity index (χ3v) is 4.85. The number of aliphatic carboxylic acids is 1. The lowest BCUT2D eigenvalue weighted by atomic mass is 10.0. The first-order valence-electron chi connectivity index (χ1n) is 9.24. The van der Waals surface area contributed by atoms with Crippen LogP contribution in [0.1, 0.15) is 33.6 Å². The van der Waals surface area contributed by atoms with Gasteiger partial charge in [-0.3, -0.25) is 14.4 Å².